The molecule has 1 aromatic rings. The maximum absolute atomic E-state index is 7.83. The van der Waals surface area contributed by atoms with Crippen molar-refractivity contribution in [3.8, 4) is 0 Å². The third kappa shape index (κ3) is 2.77. The number of aryl methyl sites for hydroxylation is 2. The first-order valence-corrected chi connectivity index (χ1v) is 6.99. The molecule has 1 unspecified atom stereocenters. The van der Waals surface area contributed by atoms with Gasteiger partial charge in [-0.2, -0.15) is 0 Å². The normalized spacial score (nSPS) is 22.9. The predicted octanol–water partition coefficient (Wildman–Crippen LogP) is 1.99. The molecule has 2 heterocycles. The van der Waals surface area contributed by atoms with E-state index in [1.54, 1.807) is 7.11 Å². The van der Waals surface area contributed by atoms with Gasteiger partial charge in [0, 0.05) is 25.9 Å². The van der Waals surface area contributed by atoms with Crippen LogP contribution >= 0.6 is 0 Å². The number of nitrogens with one attached hydrogen (secondary N) is 1. The Balaban J connectivity index is 2.44. The van der Waals surface area contributed by atoms with Crippen molar-refractivity contribution in [2.24, 2.45) is 5.73 Å². The third-order valence-corrected chi connectivity index (χ3v) is 4.07. The van der Waals surface area contributed by atoms with Crippen LogP contribution in [0, 0.1) is 19.3 Å². The minimum atomic E-state index is -0.141. The van der Waals surface area contributed by atoms with Crippen molar-refractivity contribution in [2.75, 3.05) is 25.1 Å². The van der Waals surface area contributed by atoms with E-state index in [0.717, 1.165) is 48.6 Å². The van der Waals surface area contributed by atoms with Crippen molar-refractivity contribution in [1.82, 2.24) is 4.98 Å². The maximum atomic E-state index is 7.83. The number of amidine groups is 1. The van der Waals surface area contributed by atoms with Gasteiger partial charge in [-0.1, -0.05) is 0 Å². The van der Waals surface area contributed by atoms with Gasteiger partial charge >= 0.3 is 0 Å². The van der Waals surface area contributed by atoms with Crippen LogP contribution in [-0.2, 0) is 4.74 Å². The molecule has 0 radical (unpaired) electrons. The highest BCUT2D eigenvalue weighted by Crippen LogP contribution is 2.31. The summed E-state index contributed by atoms with van der Waals surface area (Å²) >= 11 is 0. The van der Waals surface area contributed by atoms with Crippen LogP contribution in [0.15, 0.2) is 6.07 Å². The highest BCUT2D eigenvalue weighted by molar-refractivity contribution is 6.01. The van der Waals surface area contributed by atoms with Crippen LogP contribution < -0.4 is 10.6 Å². The monoisotopic (exact) mass is 276 g/mol. The molecule has 0 aromatic carbocycles. The van der Waals surface area contributed by atoms with Gasteiger partial charge in [-0.25, -0.2) is 0 Å². The number of nitrogens with two attached hydrogens (primary N) is 1. The molecule has 1 fully saturated rings. The van der Waals surface area contributed by atoms with Gasteiger partial charge in [0.2, 0.25) is 0 Å². The summed E-state index contributed by atoms with van der Waals surface area (Å²) in [4.78, 5) is 6.70. The van der Waals surface area contributed by atoms with Gasteiger partial charge in [-0.15, -0.1) is 0 Å². The molecule has 5 nitrogen and oxygen atoms in total. The molecule has 110 valence electrons. The minimum absolute atomic E-state index is 0.0784. The second-order valence-electron chi connectivity index (χ2n) is 5.84. The van der Waals surface area contributed by atoms with E-state index in [2.05, 4.69) is 16.8 Å². The van der Waals surface area contributed by atoms with Gasteiger partial charge in [0.25, 0.3) is 0 Å². The molecule has 5 heteroatoms. The van der Waals surface area contributed by atoms with E-state index in [-0.39, 0.29) is 11.4 Å². The average molecular weight is 276 g/mol. The number of ether oxygens (including phenoxy) is 1. The molecule has 1 aliphatic heterocycles. The van der Waals surface area contributed by atoms with Crippen molar-refractivity contribution in [1.29, 1.82) is 5.41 Å². The molecule has 0 saturated carbocycles. The number of nitrogens with zero attached hydrogens (tertiary/aromatic N) is 2. The molecule has 1 aliphatic rings. The Morgan fingerprint density at radius 2 is 2.20 bits per heavy atom. The molecule has 0 bridgehead atoms. The number of anilines is 1. The minimum Gasteiger partial charge on any atom is -0.384 e. The second kappa shape index (κ2) is 5.40. The summed E-state index contributed by atoms with van der Waals surface area (Å²) in [6.45, 7) is 7.79. The number of nitrogen functional groups attached to an aromatic ring is 1. The van der Waals surface area contributed by atoms with E-state index in [0.29, 0.717) is 0 Å². The molecule has 3 N–H and O–H groups in total. The number of aromatic nitrogens is 1. The summed E-state index contributed by atoms with van der Waals surface area (Å²) in [5.41, 5.74) is 9.14. The number of piperidine rings is 1. The number of pyridine rings is 1. The molecule has 0 spiro atoms. The zero-order valence-corrected chi connectivity index (χ0v) is 12.8. The topological polar surface area (TPSA) is 75.2 Å². The zero-order valence-electron chi connectivity index (χ0n) is 12.8. The number of hydrogen-bond acceptors (Lipinski definition) is 4. The Labute approximate surface area is 120 Å². The summed E-state index contributed by atoms with van der Waals surface area (Å²) < 4.78 is 5.65. The van der Waals surface area contributed by atoms with Gasteiger partial charge in [0.15, 0.2) is 0 Å². The van der Waals surface area contributed by atoms with Gasteiger partial charge in [0.05, 0.1) is 22.5 Å². The molecular formula is C15H24N4O. The largest absolute Gasteiger partial charge is 0.384 e. The fourth-order valence-corrected chi connectivity index (χ4v) is 2.97. The third-order valence-electron chi connectivity index (χ3n) is 4.07. The average Bonchev–Trinajstić information content (AvgIpc) is 2.37. The lowest BCUT2D eigenvalue weighted by atomic mass is 9.93. The lowest BCUT2D eigenvalue weighted by Gasteiger charge is -2.41. The van der Waals surface area contributed by atoms with Crippen LogP contribution in [0.3, 0.4) is 0 Å². The molecule has 1 saturated heterocycles. The number of hydrogen-bond donors (Lipinski definition) is 2. The van der Waals surface area contributed by atoms with Crippen LogP contribution in [-0.4, -0.2) is 36.6 Å². The first kappa shape index (κ1) is 14.8. The number of rotatable bonds is 3. The fraction of sp³-hybridized carbons (Fsp3) is 0.600. The first-order chi connectivity index (χ1) is 9.36. The Bertz CT molecular complexity index is 529. The summed E-state index contributed by atoms with van der Waals surface area (Å²) in [5, 5.41) is 7.83. The molecule has 20 heavy (non-hydrogen) atoms. The van der Waals surface area contributed by atoms with Crippen LogP contribution in [0.4, 0.5) is 5.69 Å². The van der Waals surface area contributed by atoms with Crippen LogP contribution in [0.5, 0.6) is 0 Å². The van der Waals surface area contributed by atoms with Gasteiger partial charge in [-0.05, 0) is 39.7 Å². The smallest absolute Gasteiger partial charge is 0.126 e. The van der Waals surface area contributed by atoms with Crippen LogP contribution in [0.1, 0.15) is 36.7 Å². The van der Waals surface area contributed by atoms with E-state index in [1.165, 1.54) is 0 Å². The van der Waals surface area contributed by atoms with Crippen LogP contribution in [0.25, 0.3) is 0 Å². The fourth-order valence-electron chi connectivity index (χ4n) is 2.97. The highest BCUT2D eigenvalue weighted by atomic mass is 16.5. The van der Waals surface area contributed by atoms with Crippen molar-refractivity contribution < 1.29 is 4.74 Å². The molecule has 1 aromatic heterocycles. The molecule has 2 rings (SSSR count). The van der Waals surface area contributed by atoms with E-state index < -0.39 is 0 Å². The number of methoxy groups -OCH3 is 1. The standard InChI is InChI=1S/C15H24N4O/c1-10-8-12(13(14(16)17)11(2)18-10)19-7-5-6-15(3,9-19)20-4/h8H,5-7,9H2,1-4H3,(H3,16,17). The lowest BCUT2D eigenvalue weighted by molar-refractivity contribution is -0.00466. The second-order valence-corrected chi connectivity index (χ2v) is 5.84. The molecular weight excluding hydrogens is 252 g/mol. The first-order valence-electron chi connectivity index (χ1n) is 6.99. The zero-order chi connectivity index (χ0) is 14.9. The Morgan fingerprint density at radius 1 is 1.50 bits per heavy atom. The summed E-state index contributed by atoms with van der Waals surface area (Å²) in [7, 11) is 1.76. The van der Waals surface area contributed by atoms with Gasteiger partial charge in [-0.3, -0.25) is 10.4 Å². The van der Waals surface area contributed by atoms with Crippen molar-refractivity contribution in [3.63, 3.8) is 0 Å². The van der Waals surface area contributed by atoms with Gasteiger partial charge < -0.3 is 15.4 Å². The lowest BCUT2D eigenvalue weighted by Crippen LogP contribution is -2.48. The molecule has 0 amide bonds. The highest BCUT2D eigenvalue weighted by Gasteiger charge is 2.32. The van der Waals surface area contributed by atoms with Crippen LogP contribution in [0.2, 0.25) is 0 Å². The summed E-state index contributed by atoms with van der Waals surface area (Å²) in [6, 6.07) is 2.02. The summed E-state index contributed by atoms with van der Waals surface area (Å²) in [5.74, 6) is 0.0784. The van der Waals surface area contributed by atoms with Crippen molar-refractivity contribution >= 4 is 11.5 Å². The van der Waals surface area contributed by atoms with E-state index in [1.807, 2.05) is 19.9 Å². The Hall–Kier alpha value is -1.62. The SMILES string of the molecule is COC1(C)CCCN(c2cc(C)nc(C)c2C(=N)N)C1. The van der Waals surface area contributed by atoms with E-state index >= 15 is 0 Å². The van der Waals surface area contributed by atoms with E-state index in [4.69, 9.17) is 15.9 Å². The quantitative estimate of drug-likeness (QED) is 0.654. The van der Waals surface area contributed by atoms with Crippen molar-refractivity contribution in [2.45, 2.75) is 39.2 Å². The summed E-state index contributed by atoms with van der Waals surface area (Å²) in [6.07, 6.45) is 2.13. The van der Waals surface area contributed by atoms with Crippen molar-refractivity contribution in [3.05, 3.63) is 23.0 Å². The van der Waals surface area contributed by atoms with E-state index in [9.17, 15) is 0 Å². The Morgan fingerprint density at radius 3 is 2.80 bits per heavy atom. The molecule has 1 atom stereocenters. The Kier molecular flexibility index (Phi) is 3.99. The van der Waals surface area contributed by atoms with Gasteiger partial charge in [0.1, 0.15) is 5.84 Å². The maximum Gasteiger partial charge on any atom is 0.126 e. The predicted molar refractivity (Wildman–Crippen MR) is 81.6 cm³/mol. The molecule has 0 aliphatic carbocycles.